The maximum atomic E-state index is 8.58. The monoisotopic (exact) mass is 161 g/mol. The van der Waals surface area contributed by atoms with Gasteiger partial charge in [-0.3, -0.25) is 0 Å². The van der Waals surface area contributed by atoms with Crippen LogP contribution in [0.25, 0.3) is 0 Å². The van der Waals surface area contributed by atoms with E-state index in [4.69, 9.17) is 5.26 Å². The summed E-state index contributed by atoms with van der Waals surface area (Å²) in [6, 6.07) is 3.74. The number of aromatic nitrogens is 2. The summed E-state index contributed by atoms with van der Waals surface area (Å²) in [7, 11) is 0. The molecule has 62 valence electrons. The molecule has 0 bridgehead atoms. The fraction of sp³-hybridized carbons (Fsp3) is 0.444. The molecule has 0 fully saturated rings. The molecule has 0 aliphatic heterocycles. The zero-order chi connectivity index (χ0) is 8.97. The van der Waals surface area contributed by atoms with Gasteiger partial charge in [0, 0.05) is 5.69 Å². The van der Waals surface area contributed by atoms with Gasteiger partial charge in [-0.1, -0.05) is 13.8 Å². The van der Waals surface area contributed by atoms with Gasteiger partial charge in [0.2, 0.25) is 0 Å². The Labute approximate surface area is 72.1 Å². The normalized spacial score (nSPS) is 12.1. The van der Waals surface area contributed by atoms with Crippen molar-refractivity contribution in [1.82, 2.24) is 9.97 Å². The highest BCUT2D eigenvalue weighted by molar-refractivity contribution is 5.22. The zero-order valence-electron chi connectivity index (χ0n) is 7.28. The van der Waals surface area contributed by atoms with Crippen LogP contribution >= 0.6 is 0 Å². The largest absolute Gasteiger partial charge is 0.241 e. The maximum Gasteiger partial charge on any atom is 0.144 e. The number of hydrogen-bond donors (Lipinski definition) is 0. The third-order valence-corrected chi connectivity index (χ3v) is 1.92. The van der Waals surface area contributed by atoms with E-state index in [-0.39, 0.29) is 0 Å². The van der Waals surface area contributed by atoms with Crippen molar-refractivity contribution in [2.45, 2.75) is 26.2 Å². The van der Waals surface area contributed by atoms with E-state index >= 15 is 0 Å². The van der Waals surface area contributed by atoms with E-state index in [2.05, 4.69) is 23.8 Å². The quantitative estimate of drug-likeness (QED) is 0.665. The van der Waals surface area contributed by atoms with Gasteiger partial charge in [0.25, 0.3) is 0 Å². The predicted molar refractivity (Wildman–Crippen MR) is 45.5 cm³/mol. The second-order valence-electron chi connectivity index (χ2n) is 2.75. The Kier molecular flexibility index (Phi) is 2.76. The van der Waals surface area contributed by atoms with Crippen LogP contribution in [0.3, 0.4) is 0 Å². The molecule has 0 spiro atoms. The summed E-state index contributed by atoms with van der Waals surface area (Å²) in [4.78, 5) is 7.90. The molecule has 0 radical (unpaired) electrons. The predicted octanol–water partition coefficient (Wildman–Crippen LogP) is 1.86. The van der Waals surface area contributed by atoms with Crippen LogP contribution in [-0.2, 0) is 0 Å². The Balaban J connectivity index is 2.95. The Morgan fingerprint density at radius 1 is 1.58 bits per heavy atom. The SMILES string of the molecule is CCC(C)c1cc(C#N)ncn1. The van der Waals surface area contributed by atoms with Gasteiger partial charge in [-0.15, -0.1) is 0 Å². The standard InChI is InChI=1S/C9H11N3/c1-3-7(2)9-4-8(5-10)11-6-12-9/h4,6-7H,3H2,1-2H3. The Hall–Kier alpha value is -1.43. The second-order valence-corrected chi connectivity index (χ2v) is 2.75. The van der Waals surface area contributed by atoms with E-state index in [1.54, 1.807) is 6.07 Å². The van der Waals surface area contributed by atoms with Crippen LogP contribution in [-0.4, -0.2) is 9.97 Å². The lowest BCUT2D eigenvalue weighted by molar-refractivity contribution is 0.703. The third kappa shape index (κ3) is 1.79. The molecule has 1 aromatic rings. The van der Waals surface area contributed by atoms with Crippen LogP contribution in [0.1, 0.15) is 37.6 Å². The summed E-state index contributed by atoms with van der Waals surface area (Å²) >= 11 is 0. The molecule has 0 aliphatic carbocycles. The van der Waals surface area contributed by atoms with E-state index in [0.29, 0.717) is 11.6 Å². The van der Waals surface area contributed by atoms with E-state index in [1.807, 2.05) is 6.07 Å². The molecule has 12 heavy (non-hydrogen) atoms. The number of nitriles is 1. The third-order valence-electron chi connectivity index (χ3n) is 1.92. The van der Waals surface area contributed by atoms with Crippen LogP contribution < -0.4 is 0 Å². The molecule has 3 nitrogen and oxygen atoms in total. The molecule has 1 heterocycles. The molecular weight excluding hydrogens is 150 g/mol. The lowest BCUT2D eigenvalue weighted by Gasteiger charge is -2.05. The molecule has 1 rings (SSSR count). The molecular formula is C9H11N3. The minimum absolute atomic E-state index is 0.403. The maximum absolute atomic E-state index is 8.58. The van der Waals surface area contributed by atoms with E-state index in [1.165, 1.54) is 6.33 Å². The molecule has 1 aromatic heterocycles. The highest BCUT2D eigenvalue weighted by atomic mass is 14.8. The lowest BCUT2D eigenvalue weighted by atomic mass is 10.0. The van der Waals surface area contributed by atoms with Gasteiger partial charge in [-0.25, -0.2) is 9.97 Å². The van der Waals surface area contributed by atoms with Gasteiger partial charge in [0.1, 0.15) is 18.1 Å². The summed E-state index contributed by atoms with van der Waals surface area (Å²) in [5.41, 5.74) is 1.39. The zero-order valence-corrected chi connectivity index (χ0v) is 7.28. The van der Waals surface area contributed by atoms with Gasteiger partial charge in [0.15, 0.2) is 0 Å². The van der Waals surface area contributed by atoms with Gasteiger partial charge in [-0.2, -0.15) is 5.26 Å². The van der Waals surface area contributed by atoms with Crippen LogP contribution in [0.5, 0.6) is 0 Å². The van der Waals surface area contributed by atoms with Crippen LogP contribution in [0.2, 0.25) is 0 Å². The fourth-order valence-electron chi connectivity index (χ4n) is 0.912. The van der Waals surface area contributed by atoms with Gasteiger partial charge >= 0.3 is 0 Å². The Bertz CT molecular complexity index is 301. The number of nitrogens with zero attached hydrogens (tertiary/aromatic N) is 3. The highest BCUT2D eigenvalue weighted by Crippen LogP contribution is 2.15. The fourth-order valence-corrected chi connectivity index (χ4v) is 0.912. The van der Waals surface area contributed by atoms with Crippen molar-refractivity contribution >= 4 is 0 Å². The van der Waals surface area contributed by atoms with Crippen LogP contribution in [0, 0.1) is 11.3 Å². The molecule has 0 amide bonds. The molecule has 1 atom stereocenters. The second kappa shape index (κ2) is 3.82. The first-order valence-electron chi connectivity index (χ1n) is 4.00. The average molecular weight is 161 g/mol. The molecule has 1 unspecified atom stereocenters. The van der Waals surface area contributed by atoms with Crippen molar-refractivity contribution in [3.8, 4) is 6.07 Å². The van der Waals surface area contributed by atoms with Crippen LogP contribution in [0.15, 0.2) is 12.4 Å². The lowest BCUT2D eigenvalue weighted by Crippen LogP contribution is -1.97. The molecule has 0 saturated carbocycles. The van der Waals surface area contributed by atoms with Crippen molar-refractivity contribution < 1.29 is 0 Å². The first-order chi connectivity index (χ1) is 5.77. The van der Waals surface area contributed by atoms with Gasteiger partial charge in [-0.05, 0) is 18.4 Å². The smallest absolute Gasteiger partial charge is 0.144 e. The van der Waals surface area contributed by atoms with E-state index < -0.39 is 0 Å². The summed E-state index contributed by atoms with van der Waals surface area (Å²) in [5, 5.41) is 8.58. The summed E-state index contributed by atoms with van der Waals surface area (Å²) in [6.07, 6.45) is 2.47. The first-order valence-corrected chi connectivity index (χ1v) is 4.00. The minimum Gasteiger partial charge on any atom is -0.241 e. The van der Waals surface area contributed by atoms with E-state index in [9.17, 15) is 0 Å². The molecule has 0 saturated heterocycles. The number of rotatable bonds is 2. The molecule has 0 aliphatic rings. The Morgan fingerprint density at radius 3 is 2.92 bits per heavy atom. The summed E-state index contributed by atoms with van der Waals surface area (Å²) < 4.78 is 0. The highest BCUT2D eigenvalue weighted by Gasteiger charge is 2.04. The molecule has 0 aromatic carbocycles. The van der Waals surface area contributed by atoms with Crippen molar-refractivity contribution in [1.29, 1.82) is 5.26 Å². The van der Waals surface area contributed by atoms with Crippen molar-refractivity contribution in [3.63, 3.8) is 0 Å². The van der Waals surface area contributed by atoms with Gasteiger partial charge in [0.05, 0.1) is 0 Å². The topological polar surface area (TPSA) is 49.6 Å². The summed E-state index contributed by atoms with van der Waals surface area (Å²) in [5.74, 6) is 0.403. The van der Waals surface area contributed by atoms with Crippen molar-refractivity contribution in [2.24, 2.45) is 0 Å². The minimum atomic E-state index is 0.403. The van der Waals surface area contributed by atoms with Crippen LogP contribution in [0.4, 0.5) is 0 Å². The number of hydrogen-bond acceptors (Lipinski definition) is 3. The summed E-state index contributed by atoms with van der Waals surface area (Å²) in [6.45, 7) is 4.18. The molecule has 0 N–H and O–H groups in total. The average Bonchev–Trinajstić information content (AvgIpc) is 2.17. The van der Waals surface area contributed by atoms with E-state index in [0.717, 1.165) is 12.1 Å². The van der Waals surface area contributed by atoms with Crippen molar-refractivity contribution in [2.75, 3.05) is 0 Å². The Morgan fingerprint density at radius 2 is 2.33 bits per heavy atom. The van der Waals surface area contributed by atoms with Gasteiger partial charge < -0.3 is 0 Å². The van der Waals surface area contributed by atoms with Crippen molar-refractivity contribution in [3.05, 3.63) is 23.8 Å². The molecule has 3 heteroatoms. The first kappa shape index (κ1) is 8.66.